The monoisotopic (exact) mass is 346 g/mol. The van der Waals surface area contributed by atoms with Crippen LogP contribution in [-0.2, 0) is 0 Å². The van der Waals surface area contributed by atoms with Gasteiger partial charge in [0.05, 0.1) is 7.11 Å². The van der Waals surface area contributed by atoms with Gasteiger partial charge in [-0.15, -0.1) is 6.07 Å². The molecule has 24 heavy (non-hydrogen) atoms. The normalized spacial score (nSPS) is 10.3. The SMILES string of the molecule is [CH2-]c1cc(-c2ccccc2OC)c2cc(C(=O)N(C)C)[nH]c2c1.[K+]. The molecule has 4 nitrogen and oxygen atoms in total. The minimum absolute atomic E-state index is 0. The molecule has 0 spiro atoms. The molecular weight excluding hydrogens is 327 g/mol. The van der Waals surface area contributed by atoms with Crippen LogP contribution in [0.5, 0.6) is 5.75 Å². The van der Waals surface area contributed by atoms with Gasteiger partial charge in [-0.05, 0) is 23.0 Å². The third-order valence-electron chi connectivity index (χ3n) is 3.83. The molecule has 0 aliphatic rings. The number of amides is 1. The van der Waals surface area contributed by atoms with Crippen LogP contribution >= 0.6 is 0 Å². The molecule has 1 aromatic heterocycles. The van der Waals surface area contributed by atoms with Crippen LogP contribution in [0.4, 0.5) is 0 Å². The largest absolute Gasteiger partial charge is 1.00 e. The molecule has 2 aromatic carbocycles. The molecule has 5 heteroatoms. The summed E-state index contributed by atoms with van der Waals surface area (Å²) in [5.41, 5.74) is 4.31. The van der Waals surface area contributed by atoms with Crippen LogP contribution in [0.3, 0.4) is 0 Å². The minimum atomic E-state index is -0.0576. The van der Waals surface area contributed by atoms with Gasteiger partial charge in [-0.3, -0.25) is 4.79 Å². The van der Waals surface area contributed by atoms with Crippen molar-refractivity contribution < 1.29 is 60.9 Å². The van der Waals surface area contributed by atoms with Crippen LogP contribution in [-0.4, -0.2) is 37.0 Å². The second-order valence-electron chi connectivity index (χ2n) is 5.69. The average molecular weight is 346 g/mol. The van der Waals surface area contributed by atoms with Crippen LogP contribution in [0.25, 0.3) is 22.0 Å². The molecular formula is C19H19KN2O2. The Balaban J connectivity index is 0.00000208. The molecule has 1 amide bonds. The molecule has 0 bridgehead atoms. The van der Waals surface area contributed by atoms with Crippen molar-refractivity contribution in [3.8, 4) is 16.9 Å². The molecule has 3 rings (SSSR count). The maximum Gasteiger partial charge on any atom is 1.00 e. The molecule has 0 radical (unpaired) electrons. The molecule has 0 atom stereocenters. The summed E-state index contributed by atoms with van der Waals surface area (Å²) in [4.78, 5) is 17.0. The number of nitrogens with zero attached hydrogens (tertiary/aromatic N) is 1. The predicted octanol–water partition coefficient (Wildman–Crippen LogP) is 0.731. The van der Waals surface area contributed by atoms with Crippen molar-refractivity contribution in [3.05, 3.63) is 60.6 Å². The maximum absolute atomic E-state index is 12.2. The van der Waals surface area contributed by atoms with Crippen molar-refractivity contribution in [1.82, 2.24) is 9.88 Å². The summed E-state index contributed by atoms with van der Waals surface area (Å²) >= 11 is 0. The van der Waals surface area contributed by atoms with Gasteiger partial charge >= 0.3 is 51.4 Å². The van der Waals surface area contributed by atoms with E-state index in [0.717, 1.165) is 33.3 Å². The molecule has 0 unspecified atom stereocenters. The number of ether oxygens (including phenoxy) is 1. The number of aromatic nitrogens is 1. The number of fused-ring (bicyclic) bond motifs is 1. The van der Waals surface area contributed by atoms with E-state index in [1.165, 1.54) is 0 Å². The fourth-order valence-corrected chi connectivity index (χ4v) is 2.74. The Morgan fingerprint density at radius 2 is 1.83 bits per heavy atom. The van der Waals surface area contributed by atoms with E-state index in [4.69, 9.17) is 4.74 Å². The first-order valence-corrected chi connectivity index (χ1v) is 7.35. The summed E-state index contributed by atoms with van der Waals surface area (Å²) in [7, 11) is 5.13. The third kappa shape index (κ3) is 3.55. The van der Waals surface area contributed by atoms with Crippen LogP contribution in [0.1, 0.15) is 16.1 Å². The van der Waals surface area contributed by atoms with Gasteiger partial charge in [0.1, 0.15) is 11.4 Å². The van der Waals surface area contributed by atoms with E-state index in [1.807, 2.05) is 42.5 Å². The van der Waals surface area contributed by atoms with Crippen molar-refractivity contribution in [2.75, 3.05) is 21.2 Å². The molecule has 0 saturated heterocycles. The Morgan fingerprint density at radius 1 is 1.12 bits per heavy atom. The molecule has 0 aliphatic heterocycles. The topological polar surface area (TPSA) is 45.3 Å². The van der Waals surface area contributed by atoms with Gasteiger partial charge in [0.25, 0.3) is 5.91 Å². The number of methoxy groups -OCH3 is 1. The van der Waals surface area contributed by atoms with E-state index < -0.39 is 0 Å². The van der Waals surface area contributed by atoms with Gasteiger partial charge in [-0.2, -0.15) is 18.6 Å². The number of hydrogen-bond acceptors (Lipinski definition) is 2. The van der Waals surface area contributed by atoms with Gasteiger partial charge in [0.15, 0.2) is 0 Å². The van der Waals surface area contributed by atoms with E-state index in [1.54, 1.807) is 26.1 Å². The average Bonchev–Trinajstić information content (AvgIpc) is 2.96. The molecule has 0 aliphatic carbocycles. The molecule has 3 aromatic rings. The summed E-state index contributed by atoms with van der Waals surface area (Å²) in [5, 5.41) is 0.979. The number of H-pyrrole nitrogens is 1. The molecule has 1 heterocycles. The van der Waals surface area contributed by atoms with Crippen molar-refractivity contribution in [1.29, 1.82) is 0 Å². The first-order chi connectivity index (χ1) is 11.0. The Morgan fingerprint density at radius 3 is 2.50 bits per heavy atom. The summed E-state index contributed by atoms with van der Waals surface area (Å²) in [6.07, 6.45) is 0. The molecule has 118 valence electrons. The van der Waals surface area contributed by atoms with Crippen LogP contribution in [0, 0.1) is 6.92 Å². The maximum atomic E-state index is 12.2. The number of benzene rings is 2. The van der Waals surface area contributed by atoms with E-state index in [9.17, 15) is 4.79 Å². The van der Waals surface area contributed by atoms with Gasteiger partial charge in [0, 0.05) is 19.7 Å². The number of aromatic amines is 1. The fraction of sp³-hybridized carbons (Fsp3) is 0.158. The number of carbonyl (C=O) groups is 1. The van der Waals surface area contributed by atoms with Crippen LogP contribution in [0.15, 0.2) is 42.5 Å². The summed E-state index contributed by atoms with van der Waals surface area (Å²) in [6.45, 7) is 4.05. The van der Waals surface area contributed by atoms with Gasteiger partial charge < -0.3 is 14.6 Å². The predicted molar refractivity (Wildman–Crippen MR) is 92.8 cm³/mol. The van der Waals surface area contributed by atoms with E-state index in [0.29, 0.717) is 5.69 Å². The second-order valence-corrected chi connectivity index (χ2v) is 5.69. The van der Waals surface area contributed by atoms with Crippen molar-refractivity contribution >= 4 is 16.8 Å². The number of rotatable bonds is 3. The Kier molecular flexibility index (Phi) is 6.17. The number of carbonyl (C=O) groups excluding carboxylic acids is 1. The zero-order valence-electron chi connectivity index (χ0n) is 14.5. The molecule has 1 N–H and O–H groups in total. The van der Waals surface area contributed by atoms with Gasteiger partial charge in [0.2, 0.25) is 0 Å². The Labute approximate surface area is 184 Å². The third-order valence-corrected chi connectivity index (χ3v) is 3.83. The number of hydrogen-bond donors (Lipinski definition) is 1. The van der Waals surface area contributed by atoms with Gasteiger partial charge in [-0.25, -0.2) is 0 Å². The second kappa shape index (κ2) is 7.76. The standard InChI is InChI=1S/C19H19N2O2.K/c1-12-9-14(13-7-5-6-8-18(13)23-4)15-11-17(19(22)21(2)3)20-16(15)10-12;/h5-11,20H,1H2,2-4H3;/q-1;+1. The quantitative estimate of drug-likeness (QED) is 0.561. The van der Waals surface area contributed by atoms with Crippen molar-refractivity contribution in [2.45, 2.75) is 0 Å². The summed E-state index contributed by atoms with van der Waals surface area (Å²) in [6, 6.07) is 13.7. The zero-order valence-corrected chi connectivity index (χ0v) is 17.6. The van der Waals surface area contributed by atoms with E-state index in [2.05, 4.69) is 11.9 Å². The summed E-state index contributed by atoms with van der Waals surface area (Å²) in [5.74, 6) is 0.735. The molecule has 0 saturated carbocycles. The minimum Gasteiger partial charge on any atom is -0.496 e. The molecule has 0 fully saturated rings. The zero-order chi connectivity index (χ0) is 16.6. The van der Waals surface area contributed by atoms with Gasteiger partial charge in [-0.1, -0.05) is 23.8 Å². The van der Waals surface area contributed by atoms with Crippen LogP contribution < -0.4 is 56.1 Å². The smallest absolute Gasteiger partial charge is 0.496 e. The Bertz CT molecular complexity index is 884. The number of nitrogens with one attached hydrogen (secondary N) is 1. The summed E-state index contributed by atoms with van der Waals surface area (Å²) < 4.78 is 5.48. The van der Waals surface area contributed by atoms with Crippen molar-refractivity contribution in [3.63, 3.8) is 0 Å². The van der Waals surface area contributed by atoms with Crippen LogP contribution in [0.2, 0.25) is 0 Å². The first kappa shape index (κ1) is 19.1. The van der Waals surface area contributed by atoms with E-state index >= 15 is 0 Å². The fourth-order valence-electron chi connectivity index (χ4n) is 2.74. The Hall–Kier alpha value is -1.24. The van der Waals surface area contributed by atoms with Crippen molar-refractivity contribution in [2.24, 2.45) is 0 Å². The number of para-hydroxylation sites is 1. The first-order valence-electron chi connectivity index (χ1n) is 7.35. The van der Waals surface area contributed by atoms with E-state index in [-0.39, 0.29) is 57.3 Å².